The van der Waals surface area contributed by atoms with E-state index >= 15 is 4.39 Å². The van der Waals surface area contributed by atoms with Crippen LogP contribution in [0.15, 0.2) is 12.4 Å². The van der Waals surface area contributed by atoms with Gasteiger partial charge >= 0.3 is 0 Å². The molecule has 1 amide bonds. The molecule has 3 N–H and O–H groups in total. The molecule has 0 saturated carbocycles. The lowest BCUT2D eigenvalue weighted by molar-refractivity contribution is -0.119. The number of rotatable bonds is 5. The topological polar surface area (TPSA) is 108 Å². The van der Waals surface area contributed by atoms with Gasteiger partial charge in [0.1, 0.15) is 23.7 Å². The smallest absolute Gasteiger partial charge is 0.220 e. The van der Waals surface area contributed by atoms with E-state index in [0.29, 0.717) is 52.6 Å². The Morgan fingerprint density at radius 1 is 1.45 bits per heavy atom. The number of nitrogen functional groups attached to an aromatic ring is 1. The number of nitrogens with two attached hydrogens (primary N) is 1. The predicted molar refractivity (Wildman–Crippen MR) is 118 cm³/mol. The molecule has 8 nitrogen and oxygen atoms in total. The average Bonchev–Trinajstić information content (AvgIpc) is 3.28. The first-order valence-corrected chi connectivity index (χ1v) is 10.1. The minimum absolute atomic E-state index is 0. The lowest BCUT2D eigenvalue weighted by Gasteiger charge is -2.23. The number of nitrogens with zero attached hydrogens (tertiary/aromatic N) is 4. The van der Waals surface area contributed by atoms with Crippen LogP contribution in [0.1, 0.15) is 49.0 Å². The van der Waals surface area contributed by atoms with E-state index in [1.807, 2.05) is 20.8 Å². The summed E-state index contributed by atoms with van der Waals surface area (Å²) in [5.74, 6) is -0.327. The van der Waals surface area contributed by atoms with Gasteiger partial charge in [0.25, 0.3) is 0 Å². The van der Waals surface area contributed by atoms with E-state index in [1.165, 1.54) is 6.33 Å². The number of carbonyl (C=O) groups is 1. The molecule has 4 rings (SSSR count). The highest BCUT2D eigenvalue weighted by atomic mass is 35.5. The van der Waals surface area contributed by atoms with Crippen molar-refractivity contribution < 1.29 is 13.9 Å². The SMILES string of the molecule is CCOc1c(C(C)n2nc(C)c3c(N)ncnc32)cc(Cl)c(F)c1C1CNC(=O)C1.Cl. The zero-order chi connectivity index (χ0) is 21.6. The van der Waals surface area contributed by atoms with Crippen LogP contribution >= 0.6 is 24.0 Å². The lowest BCUT2D eigenvalue weighted by atomic mass is 9.92. The molecule has 2 unspecified atom stereocenters. The number of ether oxygens (including phenoxy) is 1. The van der Waals surface area contributed by atoms with Gasteiger partial charge in [0.05, 0.1) is 28.8 Å². The van der Waals surface area contributed by atoms with Crippen molar-refractivity contribution in [2.24, 2.45) is 0 Å². The second-order valence-corrected chi connectivity index (χ2v) is 7.71. The van der Waals surface area contributed by atoms with E-state index in [0.717, 1.165) is 0 Å². The van der Waals surface area contributed by atoms with Gasteiger partial charge in [-0.25, -0.2) is 19.0 Å². The number of halogens is 3. The third kappa shape index (κ3) is 3.87. The van der Waals surface area contributed by atoms with Crippen LogP contribution in [0, 0.1) is 12.7 Å². The summed E-state index contributed by atoms with van der Waals surface area (Å²) in [6.45, 7) is 6.21. The van der Waals surface area contributed by atoms with Gasteiger partial charge in [-0.3, -0.25) is 4.79 Å². The maximum Gasteiger partial charge on any atom is 0.220 e. The number of benzene rings is 1. The summed E-state index contributed by atoms with van der Waals surface area (Å²) >= 11 is 6.27. The van der Waals surface area contributed by atoms with E-state index in [2.05, 4.69) is 20.4 Å². The summed E-state index contributed by atoms with van der Waals surface area (Å²) in [4.78, 5) is 20.1. The van der Waals surface area contributed by atoms with Gasteiger partial charge in [0.15, 0.2) is 5.65 Å². The molecule has 1 aliphatic rings. The van der Waals surface area contributed by atoms with Gasteiger partial charge in [-0.05, 0) is 26.8 Å². The quantitative estimate of drug-likeness (QED) is 0.592. The summed E-state index contributed by atoms with van der Waals surface area (Å²) in [6.07, 6.45) is 1.56. The maximum absolute atomic E-state index is 15.1. The summed E-state index contributed by atoms with van der Waals surface area (Å²) in [6, 6.07) is 1.16. The normalized spacial score (nSPS) is 16.8. The van der Waals surface area contributed by atoms with Crippen LogP contribution < -0.4 is 15.8 Å². The molecule has 1 fully saturated rings. The number of fused-ring (bicyclic) bond motifs is 1. The van der Waals surface area contributed by atoms with Crippen molar-refractivity contribution in [1.29, 1.82) is 0 Å². The third-order valence-electron chi connectivity index (χ3n) is 5.42. The second-order valence-electron chi connectivity index (χ2n) is 7.31. The molecular formula is C20H23Cl2FN6O2. The first-order chi connectivity index (χ1) is 14.3. The maximum atomic E-state index is 15.1. The first kappa shape index (κ1) is 23.0. The molecule has 2 aromatic heterocycles. The molecule has 1 saturated heterocycles. The van der Waals surface area contributed by atoms with E-state index < -0.39 is 5.82 Å². The van der Waals surface area contributed by atoms with Gasteiger partial charge in [-0.15, -0.1) is 12.4 Å². The average molecular weight is 469 g/mol. The van der Waals surface area contributed by atoms with Crippen LogP contribution in [0.2, 0.25) is 5.02 Å². The lowest BCUT2D eigenvalue weighted by Crippen LogP contribution is -2.16. The first-order valence-electron chi connectivity index (χ1n) is 9.70. The number of carbonyl (C=O) groups excluding carboxylic acids is 1. The fraction of sp³-hybridized carbons (Fsp3) is 0.400. The van der Waals surface area contributed by atoms with Crippen molar-refractivity contribution in [3.8, 4) is 5.75 Å². The van der Waals surface area contributed by atoms with Gasteiger partial charge in [-0.2, -0.15) is 5.10 Å². The molecule has 3 heterocycles. The Balaban J connectivity index is 0.00000272. The molecule has 1 aliphatic heterocycles. The van der Waals surface area contributed by atoms with Crippen molar-refractivity contribution >= 4 is 46.8 Å². The van der Waals surface area contributed by atoms with E-state index in [1.54, 1.807) is 10.7 Å². The Bertz CT molecular complexity index is 1150. The van der Waals surface area contributed by atoms with Crippen molar-refractivity contribution in [3.05, 3.63) is 40.1 Å². The number of aryl methyl sites for hydroxylation is 1. The highest BCUT2D eigenvalue weighted by molar-refractivity contribution is 6.31. The highest BCUT2D eigenvalue weighted by Gasteiger charge is 2.33. The van der Waals surface area contributed by atoms with Crippen LogP contribution in [0.4, 0.5) is 10.2 Å². The number of anilines is 1. The molecule has 0 spiro atoms. The number of nitrogens with one attached hydrogen (secondary N) is 1. The standard InChI is InChI=1S/C20H22ClFN6O2.ClH/c1-4-30-18-12(6-13(21)17(22)16(18)11-5-14(29)24-7-11)10(3)28-20-15(9(2)27-28)19(23)25-8-26-20;/h6,8,10-11H,4-5,7H2,1-3H3,(H,24,29)(H2,23,25,26);1H. The van der Waals surface area contributed by atoms with Crippen LogP contribution in [-0.2, 0) is 4.79 Å². The summed E-state index contributed by atoms with van der Waals surface area (Å²) in [5, 5.41) is 7.98. The molecule has 166 valence electrons. The summed E-state index contributed by atoms with van der Waals surface area (Å²) in [5.41, 5.74) is 8.23. The Morgan fingerprint density at radius 2 is 2.19 bits per heavy atom. The Kier molecular flexibility index (Phi) is 6.56. The molecule has 3 aromatic rings. The zero-order valence-electron chi connectivity index (χ0n) is 17.3. The second kappa shape index (κ2) is 8.84. The van der Waals surface area contributed by atoms with E-state index in [4.69, 9.17) is 22.1 Å². The van der Waals surface area contributed by atoms with E-state index in [9.17, 15) is 4.79 Å². The van der Waals surface area contributed by atoms with Crippen molar-refractivity contribution in [1.82, 2.24) is 25.1 Å². The van der Waals surface area contributed by atoms with Crippen LogP contribution in [-0.4, -0.2) is 38.8 Å². The zero-order valence-corrected chi connectivity index (χ0v) is 18.9. The summed E-state index contributed by atoms with van der Waals surface area (Å²) < 4.78 is 22.7. The number of hydrogen-bond donors (Lipinski definition) is 2. The van der Waals surface area contributed by atoms with Crippen LogP contribution in [0.5, 0.6) is 5.75 Å². The third-order valence-corrected chi connectivity index (χ3v) is 5.69. The van der Waals surface area contributed by atoms with E-state index in [-0.39, 0.29) is 41.7 Å². The minimum Gasteiger partial charge on any atom is -0.493 e. The predicted octanol–water partition coefficient (Wildman–Crippen LogP) is 3.54. The van der Waals surface area contributed by atoms with Crippen LogP contribution in [0.3, 0.4) is 0 Å². The van der Waals surface area contributed by atoms with Crippen molar-refractivity contribution in [3.63, 3.8) is 0 Å². The van der Waals surface area contributed by atoms with Gasteiger partial charge in [0, 0.05) is 30.0 Å². The number of amides is 1. The fourth-order valence-corrected chi connectivity index (χ4v) is 4.23. The summed E-state index contributed by atoms with van der Waals surface area (Å²) in [7, 11) is 0. The van der Waals surface area contributed by atoms with Gasteiger partial charge in [0.2, 0.25) is 5.91 Å². The molecule has 1 aromatic carbocycles. The monoisotopic (exact) mass is 468 g/mol. The molecule has 0 aliphatic carbocycles. The van der Waals surface area contributed by atoms with Crippen molar-refractivity contribution in [2.45, 2.75) is 39.2 Å². The number of aromatic nitrogens is 4. The highest BCUT2D eigenvalue weighted by Crippen LogP contribution is 2.43. The van der Waals surface area contributed by atoms with Gasteiger partial charge in [-0.1, -0.05) is 11.6 Å². The van der Waals surface area contributed by atoms with Gasteiger partial charge < -0.3 is 15.8 Å². The Hall–Kier alpha value is -2.65. The number of hydrogen-bond acceptors (Lipinski definition) is 6. The largest absolute Gasteiger partial charge is 0.493 e. The molecule has 0 radical (unpaired) electrons. The Morgan fingerprint density at radius 3 is 2.84 bits per heavy atom. The fourth-order valence-electron chi connectivity index (χ4n) is 4.01. The molecule has 11 heteroatoms. The van der Waals surface area contributed by atoms with Crippen LogP contribution in [0.25, 0.3) is 11.0 Å². The molecule has 0 bridgehead atoms. The molecule has 31 heavy (non-hydrogen) atoms. The van der Waals surface area contributed by atoms with Crippen molar-refractivity contribution in [2.75, 3.05) is 18.9 Å². The molecular weight excluding hydrogens is 446 g/mol. The minimum atomic E-state index is -0.564. The molecule has 2 atom stereocenters. The Labute approximate surface area is 189 Å².